The molecule has 0 atom stereocenters. The van der Waals surface area contributed by atoms with Gasteiger partial charge in [0.2, 0.25) is 0 Å². The number of para-hydroxylation sites is 2. The average molecular weight is 448 g/mol. The number of rotatable bonds is 9. The van der Waals surface area contributed by atoms with E-state index in [9.17, 15) is 4.79 Å². The second kappa shape index (κ2) is 10.2. The van der Waals surface area contributed by atoms with Gasteiger partial charge >= 0.3 is 0 Å². The highest BCUT2D eigenvalue weighted by atomic mass is 32.2. The maximum atomic E-state index is 12.9. The number of methoxy groups -OCH3 is 1. The van der Waals surface area contributed by atoms with Crippen molar-refractivity contribution in [1.29, 1.82) is 0 Å². The second-order valence-corrected chi connectivity index (χ2v) is 8.07. The van der Waals surface area contributed by atoms with Crippen LogP contribution in [0, 0.1) is 0 Å². The van der Waals surface area contributed by atoms with Crippen molar-refractivity contribution in [2.75, 3.05) is 13.7 Å². The lowest BCUT2D eigenvalue weighted by Crippen LogP contribution is -2.24. The third-order valence-electron chi connectivity index (χ3n) is 4.97. The zero-order valence-corrected chi connectivity index (χ0v) is 18.9. The highest BCUT2D eigenvalue weighted by Gasteiger charge is 2.13. The van der Waals surface area contributed by atoms with Crippen LogP contribution in [-0.4, -0.2) is 29.6 Å². The molecule has 0 aliphatic carbocycles. The van der Waals surface area contributed by atoms with Crippen LogP contribution in [0.25, 0.3) is 11.0 Å². The van der Waals surface area contributed by atoms with E-state index in [1.807, 2.05) is 73.7 Å². The van der Waals surface area contributed by atoms with E-state index in [4.69, 9.17) is 9.47 Å². The van der Waals surface area contributed by atoms with Crippen LogP contribution in [0.15, 0.2) is 71.9 Å². The number of nitrogens with one attached hydrogen (secondary N) is 2. The molecule has 0 bridgehead atoms. The highest BCUT2D eigenvalue weighted by molar-refractivity contribution is 7.98. The van der Waals surface area contributed by atoms with Gasteiger partial charge in [0, 0.05) is 17.9 Å². The molecule has 0 fully saturated rings. The molecule has 6 nitrogen and oxygen atoms in total. The number of aromatic amines is 1. The quantitative estimate of drug-likeness (QED) is 0.345. The minimum Gasteiger partial charge on any atom is -0.493 e. The zero-order valence-electron chi connectivity index (χ0n) is 18.1. The third kappa shape index (κ3) is 5.06. The maximum Gasteiger partial charge on any atom is 0.251 e. The number of aromatic nitrogens is 2. The lowest BCUT2D eigenvalue weighted by molar-refractivity contribution is 0.0950. The number of carbonyl (C=O) groups is 1. The molecule has 4 aromatic rings. The van der Waals surface area contributed by atoms with E-state index < -0.39 is 0 Å². The Bertz CT molecular complexity index is 1190. The van der Waals surface area contributed by atoms with E-state index >= 15 is 0 Å². The smallest absolute Gasteiger partial charge is 0.251 e. The summed E-state index contributed by atoms with van der Waals surface area (Å²) in [6.07, 6.45) is 0. The van der Waals surface area contributed by atoms with Gasteiger partial charge in [-0.1, -0.05) is 48.2 Å². The molecule has 0 aliphatic rings. The number of hydrogen-bond acceptors (Lipinski definition) is 5. The summed E-state index contributed by atoms with van der Waals surface area (Å²) in [5, 5.41) is 3.85. The molecule has 1 amide bonds. The van der Waals surface area contributed by atoms with Crippen LogP contribution >= 0.6 is 11.8 Å². The van der Waals surface area contributed by atoms with Crippen molar-refractivity contribution in [3.8, 4) is 11.5 Å². The fourth-order valence-electron chi connectivity index (χ4n) is 3.39. The fraction of sp³-hybridized carbons (Fsp3) is 0.200. The number of amides is 1. The molecule has 7 heteroatoms. The topological polar surface area (TPSA) is 76.2 Å². The van der Waals surface area contributed by atoms with Crippen molar-refractivity contribution in [2.45, 2.75) is 24.4 Å². The molecule has 0 spiro atoms. The van der Waals surface area contributed by atoms with Gasteiger partial charge in [0.05, 0.1) is 24.8 Å². The van der Waals surface area contributed by atoms with Gasteiger partial charge in [-0.15, -0.1) is 0 Å². The third-order valence-corrected chi connectivity index (χ3v) is 5.90. The van der Waals surface area contributed by atoms with E-state index in [1.165, 1.54) is 0 Å². The molecule has 164 valence electrons. The summed E-state index contributed by atoms with van der Waals surface area (Å²) >= 11 is 1.58. The maximum absolute atomic E-state index is 12.9. The van der Waals surface area contributed by atoms with Crippen LogP contribution in [0.5, 0.6) is 11.5 Å². The molecule has 0 saturated heterocycles. The van der Waals surface area contributed by atoms with Crippen molar-refractivity contribution < 1.29 is 14.3 Å². The van der Waals surface area contributed by atoms with Gasteiger partial charge in [-0.2, -0.15) is 0 Å². The Balaban J connectivity index is 1.42. The van der Waals surface area contributed by atoms with Crippen molar-refractivity contribution in [2.24, 2.45) is 0 Å². The van der Waals surface area contributed by atoms with Gasteiger partial charge in [0.1, 0.15) is 0 Å². The Morgan fingerprint density at radius 3 is 2.69 bits per heavy atom. The van der Waals surface area contributed by atoms with Crippen molar-refractivity contribution >= 4 is 28.7 Å². The van der Waals surface area contributed by atoms with Crippen molar-refractivity contribution in [3.05, 3.63) is 83.4 Å². The van der Waals surface area contributed by atoms with Gasteiger partial charge in [-0.05, 0) is 48.4 Å². The summed E-state index contributed by atoms with van der Waals surface area (Å²) in [7, 11) is 1.61. The predicted octanol–water partition coefficient (Wildman–Crippen LogP) is 5.19. The van der Waals surface area contributed by atoms with Crippen LogP contribution < -0.4 is 14.8 Å². The Morgan fingerprint density at radius 1 is 1.06 bits per heavy atom. The van der Waals surface area contributed by atoms with Crippen LogP contribution in [0.1, 0.15) is 28.4 Å². The standard InChI is InChI=1S/C25H25N3O3S/c1-3-31-22-13-12-17(14-23(22)30-2)15-26-24(29)19-9-5-4-8-18(19)16-32-25-27-20-10-6-7-11-21(20)28-25/h4-14H,3,15-16H2,1-2H3,(H,26,29)(H,27,28). The molecule has 1 aromatic heterocycles. The second-order valence-electron chi connectivity index (χ2n) is 7.11. The summed E-state index contributed by atoms with van der Waals surface area (Å²) in [6, 6.07) is 21.3. The predicted molar refractivity (Wildman–Crippen MR) is 127 cm³/mol. The van der Waals surface area contributed by atoms with Gasteiger partial charge in [-0.25, -0.2) is 4.98 Å². The average Bonchev–Trinajstić information content (AvgIpc) is 3.25. The van der Waals surface area contributed by atoms with E-state index in [0.29, 0.717) is 36.0 Å². The van der Waals surface area contributed by atoms with E-state index in [1.54, 1.807) is 18.9 Å². The number of imidazole rings is 1. The lowest BCUT2D eigenvalue weighted by atomic mass is 10.1. The number of carbonyl (C=O) groups excluding carboxylic acids is 1. The first-order chi connectivity index (χ1) is 15.7. The Labute approximate surface area is 191 Å². The SMILES string of the molecule is CCOc1ccc(CNC(=O)c2ccccc2CSc2nc3ccccc3[nH]2)cc1OC. The first-order valence-electron chi connectivity index (χ1n) is 10.4. The van der Waals surface area contributed by atoms with Crippen molar-refractivity contribution in [3.63, 3.8) is 0 Å². The fourth-order valence-corrected chi connectivity index (χ4v) is 4.27. The van der Waals surface area contributed by atoms with Gasteiger partial charge in [0.15, 0.2) is 16.7 Å². The van der Waals surface area contributed by atoms with E-state index in [2.05, 4.69) is 15.3 Å². The summed E-state index contributed by atoms with van der Waals surface area (Å²) in [5.41, 5.74) is 4.50. The monoisotopic (exact) mass is 447 g/mol. The first-order valence-corrected chi connectivity index (χ1v) is 11.4. The summed E-state index contributed by atoms with van der Waals surface area (Å²) in [4.78, 5) is 20.8. The highest BCUT2D eigenvalue weighted by Crippen LogP contribution is 2.28. The molecule has 3 aromatic carbocycles. The summed E-state index contributed by atoms with van der Waals surface area (Å²) in [5.74, 6) is 1.87. The van der Waals surface area contributed by atoms with Crippen molar-refractivity contribution in [1.82, 2.24) is 15.3 Å². The molecule has 0 radical (unpaired) electrons. The minimum absolute atomic E-state index is 0.112. The van der Waals surface area contributed by atoms with Crippen LogP contribution in [0.2, 0.25) is 0 Å². The Kier molecular flexibility index (Phi) is 6.97. The number of nitrogens with zero attached hydrogens (tertiary/aromatic N) is 1. The lowest BCUT2D eigenvalue weighted by Gasteiger charge is -2.12. The molecular weight excluding hydrogens is 422 g/mol. The van der Waals surface area contributed by atoms with Crippen LogP contribution in [0.4, 0.5) is 0 Å². The first kappa shape index (κ1) is 21.8. The molecule has 4 rings (SSSR count). The Hall–Kier alpha value is -3.45. The number of thioether (sulfide) groups is 1. The molecular formula is C25H25N3O3S. The summed E-state index contributed by atoms with van der Waals surface area (Å²) < 4.78 is 10.9. The van der Waals surface area contributed by atoms with Crippen LogP contribution in [-0.2, 0) is 12.3 Å². The number of hydrogen-bond donors (Lipinski definition) is 2. The number of H-pyrrole nitrogens is 1. The molecule has 2 N–H and O–H groups in total. The number of ether oxygens (including phenoxy) is 2. The summed E-state index contributed by atoms with van der Waals surface area (Å²) in [6.45, 7) is 2.89. The molecule has 1 heterocycles. The Morgan fingerprint density at radius 2 is 1.88 bits per heavy atom. The van der Waals surface area contributed by atoms with Gasteiger partial charge in [-0.3, -0.25) is 4.79 Å². The number of fused-ring (bicyclic) bond motifs is 1. The normalized spacial score (nSPS) is 10.8. The largest absolute Gasteiger partial charge is 0.493 e. The molecule has 0 aliphatic heterocycles. The van der Waals surface area contributed by atoms with E-state index in [0.717, 1.165) is 27.3 Å². The zero-order chi connectivity index (χ0) is 22.3. The molecule has 32 heavy (non-hydrogen) atoms. The van der Waals surface area contributed by atoms with Gasteiger partial charge < -0.3 is 19.8 Å². The van der Waals surface area contributed by atoms with E-state index in [-0.39, 0.29) is 5.91 Å². The van der Waals surface area contributed by atoms with Gasteiger partial charge in [0.25, 0.3) is 5.91 Å². The van der Waals surface area contributed by atoms with Crippen LogP contribution in [0.3, 0.4) is 0 Å². The molecule has 0 saturated carbocycles. The minimum atomic E-state index is -0.112. The molecule has 0 unspecified atom stereocenters. The number of benzene rings is 3.